The molecule has 8 nitrogen and oxygen atoms in total. The molecule has 0 aliphatic carbocycles. The van der Waals surface area contributed by atoms with E-state index in [1.54, 1.807) is 30.8 Å². The summed E-state index contributed by atoms with van der Waals surface area (Å²) in [6.45, 7) is 2.73. The predicted octanol–water partition coefficient (Wildman–Crippen LogP) is 3.56. The number of benzene rings is 1. The van der Waals surface area contributed by atoms with E-state index in [1.165, 1.54) is 17.8 Å². The molecule has 4 heterocycles. The van der Waals surface area contributed by atoms with Gasteiger partial charge in [0, 0.05) is 44.1 Å². The molecule has 0 spiro atoms. The van der Waals surface area contributed by atoms with Crippen molar-refractivity contribution in [2.24, 2.45) is 0 Å². The van der Waals surface area contributed by atoms with Crippen molar-refractivity contribution in [2.75, 3.05) is 36.8 Å². The summed E-state index contributed by atoms with van der Waals surface area (Å²) < 4.78 is 21.5. The van der Waals surface area contributed by atoms with Gasteiger partial charge >= 0.3 is 0 Å². The minimum absolute atomic E-state index is 0.0219. The largest absolute Gasteiger partial charge is 0.467 e. The average molecular weight is 479 g/mol. The Morgan fingerprint density at radius 3 is 2.62 bits per heavy atom. The number of hydrogen-bond acceptors (Lipinski definition) is 7. The Kier molecular flexibility index (Phi) is 6.57. The Balaban J connectivity index is 1.25. The monoisotopic (exact) mass is 478 g/mol. The number of carbonyl (C=O) groups is 1. The van der Waals surface area contributed by atoms with Crippen LogP contribution in [0.1, 0.15) is 5.76 Å². The van der Waals surface area contributed by atoms with Crippen LogP contribution in [0.5, 0.6) is 0 Å². The lowest BCUT2D eigenvalue weighted by molar-refractivity contribution is -0.128. The van der Waals surface area contributed by atoms with Crippen molar-refractivity contribution in [3.8, 4) is 11.4 Å². The summed E-state index contributed by atoms with van der Waals surface area (Å²) in [5.41, 5.74) is 1.42. The summed E-state index contributed by atoms with van der Waals surface area (Å²) in [5, 5.41) is 9.32. The SMILES string of the molecule is O=C(CSc1nnc(-c2cccnc2)n1Cc1ccco1)N1CCN(c2ccccc2F)CC1. The van der Waals surface area contributed by atoms with Gasteiger partial charge in [0.05, 0.1) is 24.2 Å². The highest BCUT2D eigenvalue weighted by Crippen LogP contribution is 2.26. The van der Waals surface area contributed by atoms with Crippen LogP contribution in [0.15, 0.2) is 76.8 Å². The van der Waals surface area contributed by atoms with E-state index in [4.69, 9.17) is 4.42 Å². The van der Waals surface area contributed by atoms with E-state index in [9.17, 15) is 9.18 Å². The van der Waals surface area contributed by atoms with E-state index in [-0.39, 0.29) is 17.5 Å². The number of furan rings is 1. The van der Waals surface area contributed by atoms with Crippen LogP contribution < -0.4 is 4.90 Å². The Hall–Kier alpha value is -3.66. The molecule has 0 atom stereocenters. The summed E-state index contributed by atoms with van der Waals surface area (Å²) in [7, 11) is 0. The predicted molar refractivity (Wildman–Crippen MR) is 127 cm³/mol. The second-order valence-corrected chi connectivity index (χ2v) is 8.76. The van der Waals surface area contributed by atoms with Crippen LogP contribution in [-0.2, 0) is 11.3 Å². The zero-order valence-corrected chi connectivity index (χ0v) is 19.2. The number of hydrogen-bond donors (Lipinski definition) is 0. The minimum atomic E-state index is -0.238. The molecule has 1 fully saturated rings. The van der Waals surface area contributed by atoms with E-state index >= 15 is 0 Å². The van der Waals surface area contributed by atoms with Crippen LogP contribution in [0.2, 0.25) is 0 Å². The molecule has 1 aromatic carbocycles. The highest BCUT2D eigenvalue weighted by atomic mass is 32.2. The number of pyridine rings is 1. The number of carbonyl (C=O) groups excluding carboxylic acids is 1. The van der Waals surface area contributed by atoms with Gasteiger partial charge in [0.1, 0.15) is 11.6 Å². The molecule has 4 aromatic rings. The molecule has 3 aromatic heterocycles. The van der Waals surface area contributed by atoms with Gasteiger partial charge in [-0.3, -0.25) is 14.3 Å². The van der Waals surface area contributed by atoms with Gasteiger partial charge < -0.3 is 14.2 Å². The number of rotatable bonds is 7. The van der Waals surface area contributed by atoms with Crippen LogP contribution >= 0.6 is 11.8 Å². The number of aromatic nitrogens is 4. The van der Waals surface area contributed by atoms with Crippen molar-refractivity contribution in [3.05, 3.63) is 78.8 Å². The fourth-order valence-corrected chi connectivity index (χ4v) is 4.77. The lowest BCUT2D eigenvalue weighted by atomic mass is 10.2. The Morgan fingerprint density at radius 2 is 1.88 bits per heavy atom. The minimum Gasteiger partial charge on any atom is -0.467 e. The van der Waals surface area contributed by atoms with Gasteiger partial charge in [-0.25, -0.2) is 4.39 Å². The molecule has 1 aliphatic heterocycles. The molecule has 0 bridgehead atoms. The first-order chi connectivity index (χ1) is 16.7. The van der Waals surface area contributed by atoms with E-state index < -0.39 is 0 Å². The molecule has 1 aliphatic rings. The zero-order chi connectivity index (χ0) is 23.3. The molecule has 5 rings (SSSR count). The number of anilines is 1. The number of piperazine rings is 1. The molecule has 0 unspecified atom stereocenters. The fourth-order valence-electron chi connectivity index (χ4n) is 3.93. The summed E-state index contributed by atoms with van der Waals surface area (Å²) in [5.74, 6) is 1.45. The molecular formula is C24H23FN6O2S. The molecular weight excluding hydrogens is 455 g/mol. The van der Waals surface area contributed by atoms with Crippen LogP contribution in [0.25, 0.3) is 11.4 Å². The highest BCUT2D eigenvalue weighted by molar-refractivity contribution is 7.99. The molecule has 0 radical (unpaired) electrons. The second-order valence-electron chi connectivity index (χ2n) is 7.82. The molecule has 10 heteroatoms. The molecule has 1 amide bonds. The van der Waals surface area contributed by atoms with Crippen molar-refractivity contribution >= 4 is 23.4 Å². The first-order valence-electron chi connectivity index (χ1n) is 10.9. The van der Waals surface area contributed by atoms with Crippen molar-refractivity contribution in [3.63, 3.8) is 0 Å². The van der Waals surface area contributed by atoms with Crippen LogP contribution in [-0.4, -0.2) is 62.5 Å². The number of halogens is 1. The number of nitrogens with zero attached hydrogens (tertiary/aromatic N) is 6. The van der Waals surface area contributed by atoms with E-state index in [2.05, 4.69) is 15.2 Å². The maximum absolute atomic E-state index is 14.1. The third-order valence-electron chi connectivity index (χ3n) is 5.68. The average Bonchev–Trinajstić information content (AvgIpc) is 3.54. The Labute approximate surface area is 200 Å². The van der Waals surface area contributed by atoms with Gasteiger partial charge in [-0.1, -0.05) is 23.9 Å². The lowest BCUT2D eigenvalue weighted by Gasteiger charge is -2.36. The molecule has 1 saturated heterocycles. The van der Waals surface area contributed by atoms with E-state index in [0.29, 0.717) is 49.4 Å². The van der Waals surface area contributed by atoms with E-state index in [0.717, 1.165) is 11.3 Å². The fraction of sp³-hybridized carbons (Fsp3) is 0.250. The highest BCUT2D eigenvalue weighted by Gasteiger charge is 2.24. The van der Waals surface area contributed by atoms with Crippen molar-refractivity contribution in [1.82, 2.24) is 24.6 Å². The Bertz CT molecular complexity index is 1240. The third-order valence-corrected chi connectivity index (χ3v) is 6.63. The van der Waals surface area contributed by atoms with E-state index in [1.807, 2.05) is 44.7 Å². The van der Waals surface area contributed by atoms with Gasteiger partial charge in [-0.15, -0.1) is 10.2 Å². The lowest BCUT2D eigenvalue weighted by Crippen LogP contribution is -2.49. The summed E-state index contributed by atoms with van der Waals surface area (Å²) in [6.07, 6.45) is 5.06. The maximum Gasteiger partial charge on any atom is 0.233 e. The maximum atomic E-state index is 14.1. The second kappa shape index (κ2) is 10.1. The first-order valence-corrected chi connectivity index (χ1v) is 11.9. The summed E-state index contributed by atoms with van der Waals surface area (Å²) >= 11 is 1.35. The summed E-state index contributed by atoms with van der Waals surface area (Å²) in [4.78, 5) is 20.9. The third kappa shape index (κ3) is 4.81. The molecule has 0 saturated carbocycles. The summed E-state index contributed by atoms with van der Waals surface area (Å²) in [6, 6.07) is 14.2. The van der Waals surface area contributed by atoms with Crippen molar-refractivity contribution < 1.29 is 13.6 Å². The number of amides is 1. The number of thioether (sulfide) groups is 1. The zero-order valence-electron chi connectivity index (χ0n) is 18.4. The van der Waals surface area contributed by atoms with Crippen molar-refractivity contribution in [2.45, 2.75) is 11.7 Å². The molecule has 34 heavy (non-hydrogen) atoms. The standard InChI is InChI=1S/C24H23FN6O2S/c25-20-7-1-2-8-21(20)29-10-12-30(13-11-29)22(32)17-34-24-28-27-23(18-5-3-9-26-15-18)31(24)16-19-6-4-14-33-19/h1-9,14-15H,10-13,16-17H2. The van der Waals surface area contributed by atoms with Crippen LogP contribution in [0.4, 0.5) is 10.1 Å². The van der Waals surface area contributed by atoms with Gasteiger partial charge in [0.15, 0.2) is 11.0 Å². The van der Waals surface area contributed by atoms with Gasteiger partial charge in [0.25, 0.3) is 0 Å². The van der Waals surface area contributed by atoms with Gasteiger partial charge in [-0.05, 0) is 36.4 Å². The van der Waals surface area contributed by atoms with Gasteiger partial charge in [-0.2, -0.15) is 0 Å². The topological polar surface area (TPSA) is 80.3 Å². The van der Waals surface area contributed by atoms with Gasteiger partial charge in [0.2, 0.25) is 5.91 Å². The smallest absolute Gasteiger partial charge is 0.233 e. The normalized spacial score (nSPS) is 13.9. The quantitative estimate of drug-likeness (QED) is 0.376. The first kappa shape index (κ1) is 22.1. The Morgan fingerprint density at radius 1 is 1.03 bits per heavy atom. The molecule has 0 N–H and O–H groups in total. The number of para-hydroxylation sites is 1. The van der Waals surface area contributed by atoms with Crippen molar-refractivity contribution in [1.29, 1.82) is 0 Å². The molecule has 174 valence electrons. The van der Waals surface area contributed by atoms with Crippen LogP contribution in [0.3, 0.4) is 0 Å². The van der Waals surface area contributed by atoms with Crippen LogP contribution in [0, 0.1) is 5.82 Å².